The van der Waals surface area contributed by atoms with Gasteiger partial charge in [0.1, 0.15) is 5.82 Å². The van der Waals surface area contributed by atoms with Gasteiger partial charge in [-0.15, -0.1) is 0 Å². The first-order chi connectivity index (χ1) is 9.06. The second-order valence-corrected chi connectivity index (χ2v) is 6.77. The van der Waals surface area contributed by atoms with Crippen molar-refractivity contribution < 1.29 is 13.5 Å². The minimum Gasteiger partial charge on any atom is -0.396 e. The second-order valence-electron chi connectivity index (χ2n) is 5.03. The summed E-state index contributed by atoms with van der Waals surface area (Å²) in [4.78, 5) is 6.79. The van der Waals surface area contributed by atoms with E-state index < -0.39 is 10.0 Å². The lowest BCUT2D eigenvalue weighted by Gasteiger charge is -2.17. The molecule has 108 valence electrons. The molecule has 3 N–H and O–H groups in total. The lowest BCUT2D eigenvalue weighted by Crippen LogP contribution is -2.32. The third kappa shape index (κ3) is 3.34. The molecule has 1 aliphatic carbocycles. The maximum Gasteiger partial charge on any atom is 0.257 e. The SMILES string of the molecule is CCc1ncc(S(=O)(=O)NCC2CCCC2CO)[nH]1. The lowest BCUT2D eigenvalue weighted by molar-refractivity contribution is 0.195. The summed E-state index contributed by atoms with van der Waals surface area (Å²) in [6, 6.07) is 0. The molecule has 0 aromatic carbocycles. The predicted octanol–water partition coefficient (Wildman–Crippen LogP) is 0.659. The van der Waals surface area contributed by atoms with Gasteiger partial charge in [-0.3, -0.25) is 0 Å². The molecule has 1 aromatic rings. The van der Waals surface area contributed by atoms with Gasteiger partial charge in [-0.2, -0.15) is 0 Å². The van der Waals surface area contributed by atoms with Crippen molar-refractivity contribution >= 4 is 10.0 Å². The highest BCUT2D eigenvalue weighted by molar-refractivity contribution is 7.89. The molecular formula is C12H21N3O3S. The Kier molecular flexibility index (Phi) is 4.59. The molecule has 1 heterocycles. The molecule has 0 spiro atoms. The zero-order chi connectivity index (χ0) is 13.9. The van der Waals surface area contributed by atoms with E-state index in [-0.39, 0.29) is 23.5 Å². The molecule has 1 aromatic heterocycles. The highest BCUT2D eigenvalue weighted by Crippen LogP contribution is 2.30. The Hall–Kier alpha value is -0.920. The maximum atomic E-state index is 12.1. The number of rotatable bonds is 6. The Labute approximate surface area is 113 Å². The van der Waals surface area contributed by atoms with Gasteiger partial charge < -0.3 is 10.1 Å². The van der Waals surface area contributed by atoms with Crippen molar-refractivity contribution in [2.75, 3.05) is 13.2 Å². The predicted molar refractivity (Wildman–Crippen MR) is 71.1 cm³/mol. The van der Waals surface area contributed by atoms with E-state index in [1.165, 1.54) is 6.20 Å². The molecule has 1 fully saturated rings. The quantitative estimate of drug-likeness (QED) is 0.716. The van der Waals surface area contributed by atoms with Gasteiger partial charge in [0, 0.05) is 19.6 Å². The smallest absolute Gasteiger partial charge is 0.257 e. The van der Waals surface area contributed by atoms with Crippen LogP contribution in [0.5, 0.6) is 0 Å². The zero-order valence-electron chi connectivity index (χ0n) is 11.1. The molecule has 2 unspecified atom stereocenters. The summed E-state index contributed by atoms with van der Waals surface area (Å²) in [5.41, 5.74) is 0. The van der Waals surface area contributed by atoms with Crippen LogP contribution >= 0.6 is 0 Å². The van der Waals surface area contributed by atoms with Crippen LogP contribution in [0.3, 0.4) is 0 Å². The largest absolute Gasteiger partial charge is 0.396 e. The second kappa shape index (κ2) is 6.02. The zero-order valence-corrected chi connectivity index (χ0v) is 11.9. The Bertz CT molecular complexity index is 512. The summed E-state index contributed by atoms with van der Waals surface area (Å²) in [6.45, 7) is 2.43. The monoisotopic (exact) mass is 287 g/mol. The lowest BCUT2D eigenvalue weighted by atomic mass is 9.97. The van der Waals surface area contributed by atoms with E-state index in [2.05, 4.69) is 14.7 Å². The minimum atomic E-state index is -3.52. The van der Waals surface area contributed by atoms with E-state index in [1.54, 1.807) is 0 Å². The first-order valence-corrected chi connectivity index (χ1v) is 8.19. The van der Waals surface area contributed by atoms with Crippen LogP contribution < -0.4 is 4.72 Å². The van der Waals surface area contributed by atoms with Crippen molar-refractivity contribution in [1.29, 1.82) is 0 Å². The number of sulfonamides is 1. The van der Waals surface area contributed by atoms with Gasteiger partial charge in [-0.25, -0.2) is 18.1 Å². The highest BCUT2D eigenvalue weighted by Gasteiger charge is 2.28. The maximum absolute atomic E-state index is 12.1. The molecule has 2 rings (SSSR count). The van der Waals surface area contributed by atoms with Gasteiger partial charge in [0.05, 0.1) is 6.20 Å². The van der Waals surface area contributed by atoms with Crippen molar-refractivity contribution in [1.82, 2.24) is 14.7 Å². The first-order valence-electron chi connectivity index (χ1n) is 6.71. The fraction of sp³-hybridized carbons (Fsp3) is 0.750. The minimum absolute atomic E-state index is 0.114. The van der Waals surface area contributed by atoms with E-state index >= 15 is 0 Å². The van der Waals surface area contributed by atoms with Gasteiger partial charge in [-0.1, -0.05) is 13.3 Å². The number of aryl methyl sites for hydroxylation is 1. The molecule has 1 aliphatic rings. The number of H-pyrrole nitrogens is 1. The van der Waals surface area contributed by atoms with Gasteiger partial charge in [0.15, 0.2) is 5.03 Å². The molecule has 6 nitrogen and oxygen atoms in total. The summed E-state index contributed by atoms with van der Waals surface area (Å²) in [5, 5.41) is 9.34. The molecule has 7 heteroatoms. The van der Waals surface area contributed by atoms with E-state index in [4.69, 9.17) is 0 Å². The average molecular weight is 287 g/mol. The van der Waals surface area contributed by atoms with Crippen LogP contribution in [-0.2, 0) is 16.4 Å². The summed E-state index contributed by atoms with van der Waals surface area (Å²) in [7, 11) is -3.52. The average Bonchev–Trinajstić information content (AvgIpc) is 3.05. The van der Waals surface area contributed by atoms with Crippen LogP contribution in [0.1, 0.15) is 32.0 Å². The van der Waals surface area contributed by atoms with Crippen LogP contribution in [0.4, 0.5) is 0 Å². The molecule has 0 bridgehead atoms. The standard InChI is InChI=1S/C12H21N3O3S/c1-2-11-13-7-12(15-11)19(17,18)14-6-9-4-3-5-10(9)8-16/h7,9-10,14,16H,2-6,8H2,1H3,(H,13,15). The summed E-state index contributed by atoms with van der Waals surface area (Å²) >= 11 is 0. The number of aliphatic hydroxyl groups is 1. The third-order valence-electron chi connectivity index (χ3n) is 3.82. The molecule has 19 heavy (non-hydrogen) atoms. The van der Waals surface area contributed by atoms with Crippen molar-refractivity contribution in [3.05, 3.63) is 12.0 Å². The van der Waals surface area contributed by atoms with E-state index in [0.29, 0.717) is 18.8 Å². The van der Waals surface area contributed by atoms with Crippen LogP contribution in [-0.4, -0.2) is 36.6 Å². The number of hydrogen-bond donors (Lipinski definition) is 3. The van der Waals surface area contributed by atoms with Gasteiger partial charge in [0.25, 0.3) is 10.0 Å². The topological polar surface area (TPSA) is 95.1 Å². The van der Waals surface area contributed by atoms with E-state index in [0.717, 1.165) is 19.3 Å². The van der Waals surface area contributed by atoms with Gasteiger partial charge in [0.2, 0.25) is 0 Å². The number of aromatic amines is 1. The van der Waals surface area contributed by atoms with Crippen LogP contribution in [0.2, 0.25) is 0 Å². The number of aliphatic hydroxyl groups excluding tert-OH is 1. The number of nitrogens with one attached hydrogen (secondary N) is 2. The van der Waals surface area contributed by atoms with Crippen molar-refractivity contribution in [3.63, 3.8) is 0 Å². The Morgan fingerprint density at radius 2 is 2.21 bits per heavy atom. The molecule has 0 saturated heterocycles. The molecule has 0 amide bonds. The molecule has 0 radical (unpaired) electrons. The summed E-state index contributed by atoms with van der Waals surface area (Å²) in [5.74, 6) is 1.11. The van der Waals surface area contributed by atoms with Crippen molar-refractivity contribution in [2.45, 2.75) is 37.6 Å². The van der Waals surface area contributed by atoms with Crippen molar-refractivity contribution in [2.24, 2.45) is 11.8 Å². The molecule has 1 saturated carbocycles. The summed E-state index contributed by atoms with van der Waals surface area (Å²) in [6.07, 6.45) is 5.02. The van der Waals surface area contributed by atoms with Crippen LogP contribution in [0.25, 0.3) is 0 Å². The molecule has 2 atom stereocenters. The fourth-order valence-electron chi connectivity index (χ4n) is 2.58. The Balaban J connectivity index is 1.97. The molecular weight excluding hydrogens is 266 g/mol. The van der Waals surface area contributed by atoms with Gasteiger partial charge in [-0.05, 0) is 24.7 Å². The molecule has 0 aliphatic heterocycles. The van der Waals surface area contributed by atoms with Crippen LogP contribution in [0.15, 0.2) is 11.2 Å². The number of aromatic nitrogens is 2. The third-order valence-corrected chi connectivity index (χ3v) is 5.15. The number of imidazole rings is 1. The van der Waals surface area contributed by atoms with E-state index in [1.807, 2.05) is 6.92 Å². The number of nitrogens with zero attached hydrogens (tertiary/aromatic N) is 1. The van der Waals surface area contributed by atoms with Gasteiger partial charge >= 0.3 is 0 Å². The van der Waals surface area contributed by atoms with Crippen LogP contribution in [0, 0.1) is 11.8 Å². The van der Waals surface area contributed by atoms with Crippen molar-refractivity contribution in [3.8, 4) is 0 Å². The first kappa shape index (κ1) is 14.5. The summed E-state index contributed by atoms with van der Waals surface area (Å²) < 4.78 is 26.7. The van der Waals surface area contributed by atoms with E-state index in [9.17, 15) is 13.5 Å². The Morgan fingerprint density at radius 3 is 2.84 bits per heavy atom. The Morgan fingerprint density at radius 1 is 1.47 bits per heavy atom. The normalized spacial score (nSPS) is 23.9. The number of hydrogen-bond acceptors (Lipinski definition) is 4. The highest BCUT2D eigenvalue weighted by atomic mass is 32.2. The fourth-order valence-corrected chi connectivity index (χ4v) is 3.61.